The van der Waals surface area contributed by atoms with E-state index in [1.807, 2.05) is 25.1 Å². The predicted molar refractivity (Wildman–Crippen MR) is 70.7 cm³/mol. The summed E-state index contributed by atoms with van der Waals surface area (Å²) in [6, 6.07) is 9.76. The van der Waals surface area contributed by atoms with Gasteiger partial charge in [0.2, 0.25) is 5.91 Å². The van der Waals surface area contributed by atoms with Gasteiger partial charge in [0, 0.05) is 12.0 Å². The van der Waals surface area contributed by atoms with E-state index >= 15 is 0 Å². The molecule has 0 saturated carbocycles. The van der Waals surface area contributed by atoms with Crippen LogP contribution >= 0.6 is 0 Å². The van der Waals surface area contributed by atoms with Crippen molar-refractivity contribution in [3.05, 3.63) is 35.9 Å². The topological polar surface area (TPSA) is 55.1 Å². The van der Waals surface area contributed by atoms with E-state index in [9.17, 15) is 4.79 Å². The van der Waals surface area contributed by atoms with E-state index in [-0.39, 0.29) is 11.3 Å². The molecule has 0 aliphatic heterocycles. The number of rotatable bonds is 5. The minimum Gasteiger partial charge on any atom is -0.354 e. The Morgan fingerprint density at radius 3 is 2.47 bits per heavy atom. The first-order valence-corrected chi connectivity index (χ1v) is 6.06. The molecule has 1 atom stereocenters. The van der Waals surface area contributed by atoms with Crippen molar-refractivity contribution in [1.29, 1.82) is 0 Å². The number of hydrogen-bond acceptors (Lipinski definition) is 2. The second kappa shape index (κ2) is 5.82. The number of nitrogens with one attached hydrogen (secondary N) is 1. The third-order valence-electron chi connectivity index (χ3n) is 3.04. The van der Waals surface area contributed by atoms with Crippen LogP contribution in [0.5, 0.6) is 0 Å². The van der Waals surface area contributed by atoms with Gasteiger partial charge in [0.1, 0.15) is 0 Å². The molecule has 3 heteroatoms. The second-order valence-corrected chi connectivity index (χ2v) is 4.98. The summed E-state index contributed by atoms with van der Waals surface area (Å²) in [7, 11) is 0. The lowest BCUT2D eigenvalue weighted by Crippen LogP contribution is -2.44. The number of benzene rings is 1. The van der Waals surface area contributed by atoms with Crippen LogP contribution in [0.2, 0.25) is 0 Å². The summed E-state index contributed by atoms with van der Waals surface area (Å²) in [4.78, 5) is 11.6. The van der Waals surface area contributed by atoms with Crippen LogP contribution in [0.1, 0.15) is 32.8 Å². The van der Waals surface area contributed by atoms with Crippen molar-refractivity contribution in [3.8, 4) is 0 Å². The molecule has 94 valence electrons. The Hall–Kier alpha value is -1.35. The molecule has 1 aromatic rings. The highest BCUT2D eigenvalue weighted by Gasteiger charge is 2.22. The quantitative estimate of drug-likeness (QED) is 0.816. The summed E-state index contributed by atoms with van der Waals surface area (Å²) >= 11 is 0. The fourth-order valence-electron chi connectivity index (χ4n) is 1.62. The Bertz CT molecular complexity index is 360. The van der Waals surface area contributed by atoms with E-state index in [0.717, 1.165) is 0 Å². The van der Waals surface area contributed by atoms with Gasteiger partial charge < -0.3 is 11.1 Å². The maximum Gasteiger partial charge on any atom is 0.236 e. The van der Waals surface area contributed by atoms with Crippen molar-refractivity contribution in [1.82, 2.24) is 5.32 Å². The predicted octanol–water partition coefficient (Wildman–Crippen LogP) is 1.82. The molecule has 17 heavy (non-hydrogen) atoms. The van der Waals surface area contributed by atoms with Gasteiger partial charge in [-0.25, -0.2) is 0 Å². The Balaban J connectivity index is 2.59. The third-order valence-corrected chi connectivity index (χ3v) is 3.04. The minimum absolute atomic E-state index is 0.0727. The van der Waals surface area contributed by atoms with E-state index in [0.29, 0.717) is 13.0 Å². The third kappa shape index (κ3) is 3.86. The summed E-state index contributed by atoms with van der Waals surface area (Å²) in [5, 5.41) is 2.91. The molecule has 0 heterocycles. The zero-order valence-electron chi connectivity index (χ0n) is 10.9. The van der Waals surface area contributed by atoms with Crippen LogP contribution in [0.25, 0.3) is 0 Å². The Morgan fingerprint density at radius 2 is 1.94 bits per heavy atom. The first-order valence-electron chi connectivity index (χ1n) is 6.06. The first kappa shape index (κ1) is 13.7. The first-order chi connectivity index (χ1) is 7.97. The molecule has 0 aliphatic rings. The van der Waals surface area contributed by atoms with Crippen LogP contribution in [-0.4, -0.2) is 18.5 Å². The van der Waals surface area contributed by atoms with Crippen LogP contribution in [-0.2, 0) is 10.2 Å². The van der Waals surface area contributed by atoms with E-state index in [4.69, 9.17) is 5.73 Å². The monoisotopic (exact) mass is 234 g/mol. The molecule has 1 amide bonds. The molecule has 0 unspecified atom stereocenters. The number of nitrogens with two attached hydrogens (primary N) is 1. The van der Waals surface area contributed by atoms with Crippen molar-refractivity contribution in [2.75, 3.05) is 6.54 Å². The van der Waals surface area contributed by atoms with Crippen molar-refractivity contribution >= 4 is 5.91 Å². The molecule has 0 radical (unpaired) electrons. The lowest BCUT2D eigenvalue weighted by atomic mass is 9.84. The number of amides is 1. The largest absolute Gasteiger partial charge is 0.354 e. The number of carbonyl (C=O) groups is 1. The smallest absolute Gasteiger partial charge is 0.236 e. The lowest BCUT2D eigenvalue weighted by Gasteiger charge is -2.26. The minimum atomic E-state index is -0.401. The molecule has 0 bridgehead atoms. The lowest BCUT2D eigenvalue weighted by molar-refractivity contribution is -0.122. The van der Waals surface area contributed by atoms with E-state index < -0.39 is 6.04 Å². The Labute approximate surface area is 103 Å². The molecule has 0 spiro atoms. The van der Waals surface area contributed by atoms with Gasteiger partial charge in [0.15, 0.2) is 0 Å². The maximum atomic E-state index is 11.6. The van der Waals surface area contributed by atoms with Crippen molar-refractivity contribution in [3.63, 3.8) is 0 Å². The Morgan fingerprint density at radius 1 is 1.35 bits per heavy atom. The van der Waals surface area contributed by atoms with Gasteiger partial charge in [0.25, 0.3) is 0 Å². The number of carbonyl (C=O) groups excluding carboxylic acids is 1. The van der Waals surface area contributed by atoms with Gasteiger partial charge in [-0.1, -0.05) is 51.1 Å². The summed E-state index contributed by atoms with van der Waals surface area (Å²) in [6.45, 7) is 6.73. The molecule has 3 nitrogen and oxygen atoms in total. The summed E-state index contributed by atoms with van der Waals surface area (Å²) in [5.74, 6) is -0.0727. The summed E-state index contributed by atoms with van der Waals surface area (Å²) in [5.41, 5.74) is 6.81. The molecule has 3 N–H and O–H groups in total. The van der Waals surface area contributed by atoms with E-state index in [1.165, 1.54) is 5.56 Å². The summed E-state index contributed by atoms with van der Waals surface area (Å²) < 4.78 is 0. The van der Waals surface area contributed by atoms with Crippen LogP contribution in [0.3, 0.4) is 0 Å². The molecule has 1 aromatic carbocycles. The van der Waals surface area contributed by atoms with E-state index in [1.54, 1.807) is 0 Å². The van der Waals surface area contributed by atoms with Gasteiger partial charge in [0.05, 0.1) is 6.04 Å². The summed E-state index contributed by atoms with van der Waals surface area (Å²) in [6.07, 6.45) is 0.664. The fourth-order valence-corrected chi connectivity index (χ4v) is 1.62. The average Bonchev–Trinajstić information content (AvgIpc) is 2.36. The highest BCUT2D eigenvalue weighted by Crippen LogP contribution is 2.21. The van der Waals surface area contributed by atoms with Crippen molar-refractivity contribution in [2.45, 2.75) is 38.6 Å². The Kier molecular flexibility index (Phi) is 4.70. The van der Waals surface area contributed by atoms with Crippen molar-refractivity contribution < 1.29 is 4.79 Å². The van der Waals surface area contributed by atoms with Crippen LogP contribution in [0, 0.1) is 0 Å². The molecule has 0 aliphatic carbocycles. The van der Waals surface area contributed by atoms with E-state index in [2.05, 4.69) is 31.3 Å². The van der Waals surface area contributed by atoms with Gasteiger partial charge in [-0.2, -0.15) is 0 Å². The second-order valence-electron chi connectivity index (χ2n) is 4.98. The normalized spacial score (nSPS) is 13.2. The molecule has 1 rings (SSSR count). The average molecular weight is 234 g/mol. The molecule has 0 fully saturated rings. The van der Waals surface area contributed by atoms with Crippen LogP contribution in [0.4, 0.5) is 0 Å². The standard InChI is InChI=1S/C14H22N2O/c1-4-12(15)13(17)16-10-14(2,3)11-8-6-5-7-9-11/h5-9,12H,4,10,15H2,1-3H3,(H,16,17)/t12-/m1/s1. The zero-order valence-corrected chi connectivity index (χ0v) is 10.9. The molecule has 0 saturated heterocycles. The van der Waals surface area contributed by atoms with Crippen molar-refractivity contribution in [2.24, 2.45) is 5.73 Å². The highest BCUT2D eigenvalue weighted by atomic mass is 16.2. The molecule has 0 aromatic heterocycles. The fraction of sp³-hybridized carbons (Fsp3) is 0.500. The zero-order chi connectivity index (χ0) is 12.9. The van der Waals surface area contributed by atoms with Gasteiger partial charge in [-0.3, -0.25) is 4.79 Å². The SMILES string of the molecule is CC[C@@H](N)C(=O)NCC(C)(C)c1ccccc1. The maximum absolute atomic E-state index is 11.6. The highest BCUT2D eigenvalue weighted by molar-refractivity contribution is 5.81. The van der Waals surface area contributed by atoms with Gasteiger partial charge >= 0.3 is 0 Å². The van der Waals surface area contributed by atoms with Gasteiger partial charge in [-0.05, 0) is 12.0 Å². The number of hydrogen-bond donors (Lipinski definition) is 2. The van der Waals surface area contributed by atoms with Gasteiger partial charge in [-0.15, -0.1) is 0 Å². The molecular formula is C14H22N2O. The van der Waals surface area contributed by atoms with Crippen LogP contribution < -0.4 is 11.1 Å². The van der Waals surface area contributed by atoms with Crippen LogP contribution in [0.15, 0.2) is 30.3 Å². The molecular weight excluding hydrogens is 212 g/mol.